The van der Waals surface area contributed by atoms with E-state index in [1.165, 1.54) is 25.3 Å². The molecule has 4 heteroatoms. The lowest BCUT2D eigenvalue weighted by Crippen LogP contribution is -2.32. The second-order valence-corrected chi connectivity index (χ2v) is 6.36. The van der Waals surface area contributed by atoms with Crippen molar-refractivity contribution in [1.82, 2.24) is 4.90 Å². The second kappa shape index (κ2) is 7.21. The molecule has 1 atom stereocenters. The van der Waals surface area contributed by atoms with Crippen molar-refractivity contribution in [2.24, 2.45) is 5.92 Å². The predicted octanol–water partition coefficient (Wildman–Crippen LogP) is 4.63. The highest BCUT2D eigenvalue weighted by Crippen LogP contribution is 2.24. The minimum absolute atomic E-state index is 0.0165. The number of benzene rings is 1. The molecule has 1 aromatic rings. The van der Waals surface area contributed by atoms with Gasteiger partial charge in [-0.1, -0.05) is 19.8 Å². The number of rotatable bonds is 3. The molecule has 1 aliphatic rings. The maximum absolute atomic E-state index is 13.2. The summed E-state index contributed by atoms with van der Waals surface area (Å²) >= 11 is 3.14. The monoisotopic (exact) mass is 341 g/mol. The summed E-state index contributed by atoms with van der Waals surface area (Å²) in [6.45, 7) is 3.84. The number of carbonyl (C=O) groups is 1. The molecular formula is C16H21BrFNO. The smallest absolute Gasteiger partial charge is 0.253 e. The Kier molecular flexibility index (Phi) is 5.58. The average molecular weight is 342 g/mol. The van der Waals surface area contributed by atoms with Gasteiger partial charge in [-0.05, 0) is 59.3 Å². The molecule has 1 aromatic carbocycles. The molecule has 20 heavy (non-hydrogen) atoms. The lowest BCUT2D eigenvalue weighted by Gasteiger charge is -2.21. The lowest BCUT2D eigenvalue weighted by molar-refractivity contribution is 0.0759. The van der Waals surface area contributed by atoms with E-state index in [9.17, 15) is 9.18 Å². The van der Waals surface area contributed by atoms with Gasteiger partial charge in [0.05, 0.1) is 4.47 Å². The summed E-state index contributed by atoms with van der Waals surface area (Å²) in [6, 6.07) is 4.48. The molecule has 1 saturated heterocycles. The Morgan fingerprint density at radius 3 is 2.90 bits per heavy atom. The summed E-state index contributed by atoms with van der Waals surface area (Å²) in [5.41, 5.74) is 0.562. The van der Waals surface area contributed by atoms with Crippen LogP contribution in [-0.2, 0) is 0 Å². The van der Waals surface area contributed by atoms with E-state index < -0.39 is 0 Å². The maximum Gasteiger partial charge on any atom is 0.253 e. The third-order valence-electron chi connectivity index (χ3n) is 4.00. The summed E-state index contributed by atoms with van der Waals surface area (Å²) in [5.74, 6) is 0.432. The van der Waals surface area contributed by atoms with E-state index in [1.54, 1.807) is 12.1 Å². The van der Waals surface area contributed by atoms with Crippen LogP contribution in [0.25, 0.3) is 0 Å². The van der Waals surface area contributed by atoms with Gasteiger partial charge in [-0.25, -0.2) is 4.39 Å². The zero-order chi connectivity index (χ0) is 14.5. The number of hydrogen-bond acceptors (Lipinski definition) is 1. The standard InChI is InChI=1S/C16H21BrFNO/c1-2-4-12-5-3-9-19(10-8-12)16(20)13-6-7-15(18)14(17)11-13/h6-7,11-12H,2-5,8-10H2,1H3. The van der Waals surface area contributed by atoms with Crippen molar-refractivity contribution < 1.29 is 9.18 Å². The van der Waals surface area contributed by atoms with E-state index in [0.717, 1.165) is 31.8 Å². The van der Waals surface area contributed by atoms with Gasteiger partial charge >= 0.3 is 0 Å². The molecule has 0 aliphatic carbocycles. The van der Waals surface area contributed by atoms with Crippen LogP contribution >= 0.6 is 15.9 Å². The molecule has 1 aliphatic heterocycles. The van der Waals surface area contributed by atoms with Crippen LogP contribution in [0.1, 0.15) is 49.4 Å². The second-order valence-electron chi connectivity index (χ2n) is 5.51. The molecule has 1 unspecified atom stereocenters. The van der Waals surface area contributed by atoms with Crippen LogP contribution < -0.4 is 0 Å². The van der Waals surface area contributed by atoms with Gasteiger partial charge < -0.3 is 4.90 Å². The Hall–Kier alpha value is -0.900. The van der Waals surface area contributed by atoms with Crippen LogP contribution in [0.2, 0.25) is 0 Å². The van der Waals surface area contributed by atoms with Gasteiger partial charge in [0.15, 0.2) is 0 Å². The normalized spacial score (nSPS) is 19.8. The molecule has 0 N–H and O–H groups in total. The van der Waals surface area contributed by atoms with Gasteiger partial charge in [-0.3, -0.25) is 4.79 Å². The Balaban J connectivity index is 2.03. The molecule has 0 saturated carbocycles. The van der Waals surface area contributed by atoms with E-state index in [2.05, 4.69) is 22.9 Å². The Morgan fingerprint density at radius 1 is 1.40 bits per heavy atom. The average Bonchev–Trinajstić information content (AvgIpc) is 2.67. The van der Waals surface area contributed by atoms with E-state index in [1.807, 2.05) is 4.90 Å². The topological polar surface area (TPSA) is 20.3 Å². The van der Waals surface area contributed by atoms with Crippen LogP contribution in [0.5, 0.6) is 0 Å². The van der Waals surface area contributed by atoms with Gasteiger partial charge in [0.2, 0.25) is 0 Å². The van der Waals surface area contributed by atoms with Crippen molar-refractivity contribution >= 4 is 21.8 Å². The van der Waals surface area contributed by atoms with Gasteiger partial charge in [-0.15, -0.1) is 0 Å². The number of amides is 1. The minimum atomic E-state index is -0.333. The minimum Gasteiger partial charge on any atom is -0.339 e. The van der Waals surface area contributed by atoms with Crippen molar-refractivity contribution in [2.75, 3.05) is 13.1 Å². The number of carbonyl (C=O) groups excluding carboxylic acids is 1. The first-order valence-corrected chi connectivity index (χ1v) is 8.15. The summed E-state index contributed by atoms with van der Waals surface area (Å²) in [5, 5.41) is 0. The molecule has 0 spiro atoms. The molecule has 1 amide bonds. The van der Waals surface area contributed by atoms with E-state index in [-0.39, 0.29) is 11.7 Å². The fourth-order valence-corrected chi connectivity index (χ4v) is 3.26. The molecule has 0 radical (unpaired) electrons. The Morgan fingerprint density at radius 2 is 2.20 bits per heavy atom. The van der Waals surface area contributed by atoms with Crippen LogP contribution in [0.4, 0.5) is 4.39 Å². The van der Waals surface area contributed by atoms with Crippen LogP contribution in [-0.4, -0.2) is 23.9 Å². The fourth-order valence-electron chi connectivity index (χ4n) is 2.88. The highest BCUT2D eigenvalue weighted by molar-refractivity contribution is 9.10. The maximum atomic E-state index is 13.2. The third kappa shape index (κ3) is 3.81. The first kappa shape index (κ1) is 15.5. The summed E-state index contributed by atoms with van der Waals surface area (Å²) in [6.07, 6.45) is 5.83. The zero-order valence-electron chi connectivity index (χ0n) is 11.9. The molecule has 0 bridgehead atoms. The Bertz CT molecular complexity index is 478. The molecule has 110 valence electrons. The molecule has 2 nitrogen and oxygen atoms in total. The largest absolute Gasteiger partial charge is 0.339 e. The van der Waals surface area contributed by atoms with E-state index >= 15 is 0 Å². The van der Waals surface area contributed by atoms with Crippen molar-refractivity contribution in [3.63, 3.8) is 0 Å². The molecule has 1 fully saturated rings. The number of nitrogens with zero attached hydrogens (tertiary/aromatic N) is 1. The third-order valence-corrected chi connectivity index (χ3v) is 4.61. The van der Waals surface area contributed by atoms with E-state index in [0.29, 0.717) is 10.0 Å². The molecule has 0 aromatic heterocycles. The number of likely N-dealkylation sites (tertiary alicyclic amines) is 1. The fraction of sp³-hybridized carbons (Fsp3) is 0.562. The predicted molar refractivity (Wildman–Crippen MR) is 82.3 cm³/mol. The number of halogens is 2. The van der Waals surface area contributed by atoms with Gasteiger partial charge in [0.1, 0.15) is 5.82 Å². The van der Waals surface area contributed by atoms with E-state index in [4.69, 9.17) is 0 Å². The van der Waals surface area contributed by atoms with Crippen molar-refractivity contribution in [3.8, 4) is 0 Å². The summed E-state index contributed by atoms with van der Waals surface area (Å²) in [7, 11) is 0. The van der Waals surface area contributed by atoms with Gasteiger partial charge in [-0.2, -0.15) is 0 Å². The molecular weight excluding hydrogens is 321 g/mol. The summed E-state index contributed by atoms with van der Waals surface area (Å²) < 4.78 is 13.6. The van der Waals surface area contributed by atoms with Crippen LogP contribution in [0.15, 0.2) is 22.7 Å². The first-order valence-electron chi connectivity index (χ1n) is 7.36. The quantitative estimate of drug-likeness (QED) is 0.784. The van der Waals surface area contributed by atoms with Crippen molar-refractivity contribution in [3.05, 3.63) is 34.1 Å². The van der Waals surface area contributed by atoms with Crippen LogP contribution in [0, 0.1) is 11.7 Å². The highest BCUT2D eigenvalue weighted by atomic mass is 79.9. The van der Waals surface area contributed by atoms with Crippen molar-refractivity contribution in [2.45, 2.75) is 39.0 Å². The van der Waals surface area contributed by atoms with Gasteiger partial charge in [0, 0.05) is 18.7 Å². The SMILES string of the molecule is CCCC1CCCN(C(=O)c2ccc(F)c(Br)c2)CC1. The van der Waals surface area contributed by atoms with Crippen molar-refractivity contribution in [1.29, 1.82) is 0 Å². The van der Waals surface area contributed by atoms with Gasteiger partial charge in [0.25, 0.3) is 5.91 Å². The zero-order valence-corrected chi connectivity index (χ0v) is 13.5. The Labute approximate surface area is 128 Å². The van der Waals surface area contributed by atoms with Crippen LogP contribution in [0.3, 0.4) is 0 Å². The molecule has 1 heterocycles. The summed E-state index contributed by atoms with van der Waals surface area (Å²) in [4.78, 5) is 14.4. The first-order chi connectivity index (χ1) is 9.61. The molecule has 2 rings (SSSR count). The lowest BCUT2D eigenvalue weighted by atomic mass is 9.96. The number of hydrogen-bond donors (Lipinski definition) is 0. The highest BCUT2D eigenvalue weighted by Gasteiger charge is 2.21.